The molecular formula is C18H25ClN2O2. The van der Waals surface area contributed by atoms with E-state index in [2.05, 4.69) is 10.2 Å². The van der Waals surface area contributed by atoms with E-state index in [-0.39, 0.29) is 5.92 Å². The number of nitrogens with one attached hydrogen (secondary N) is 1. The Hall–Kier alpha value is -1.26. The Morgan fingerprint density at radius 1 is 1.26 bits per heavy atom. The van der Waals surface area contributed by atoms with Crippen LogP contribution in [0.5, 0.6) is 5.75 Å². The zero-order valence-corrected chi connectivity index (χ0v) is 14.2. The van der Waals surface area contributed by atoms with E-state index in [1.807, 2.05) is 24.3 Å². The maximum atomic E-state index is 12.7. The van der Waals surface area contributed by atoms with E-state index < -0.39 is 0 Å². The summed E-state index contributed by atoms with van der Waals surface area (Å²) >= 11 is 6.13. The number of amides is 1. The van der Waals surface area contributed by atoms with Crippen LogP contribution in [0, 0.1) is 11.8 Å². The number of piperidine rings is 2. The number of hydrogen-bond acceptors (Lipinski definition) is 3. The first-order chi connectivity index (χ1) is 11.2. The highest BCUT2D eigenvalue weighted by Gasteiger charge is 2.29. The van der Waals surface area contributed by atoms with E-state index in [1.165, 1.54) is 0 Å². The second-order valence-corrected chi connectivity index (χ2v) is 6.97. The molecule has 3 rings (SSSR count). The smallest absolute Gasteiger partial charge is 0.225 e. The molecule has 5 heteroatoms. The van der Waals surface area contributed by atoms with Crippen molar-refractivity contribution in [3.05, 3.63) is 29.3 Å². The van der Waals surface area contributed by atoms with Crippen LogP contribution < -0.4 is 10.1 Å². The molecule has 1 aromatic carbocycles. The lowest BCUT2D eigenvalue weighted by Crippen LogP contribution is -2.46. The number of carbonyl (C=O) groups excluding carboxylic acids is 1. The van der Waals surface area contributed by atoms with Gasteiger partial charge in [-0.05, 0) is 50.9 Å². The van der Waals surface area contributed by atoms with Gasteiger partial charge >= 0.3 is 0 Å². The van der Waals surface area contributed by atoms with Gasteiger partial charge in [-0.3, -0.25) is 4.79 Å². The second-order valence-electron chi connectivity index (χ2n) is 6.56. The maximum absolute atomic E-state index is 12.7. The molecule has 0 aliphatic carbocycles. The first kappa shape index (κ1) is 16.6. The minimum absolute atomic E-state index is 0.208. The van der Waals surface area contributed by atoms with Gasteiger partial charge in [0.25, 0.3) is 0 Å². The van der Waals surface area contributed by atoms with Crippen LogP contribution in [0.25, 0.3) is 0 Å². The molecule has 0 spiro atoms. The number of likely N-dealkylation sites (tertiary alicyclic amines) is 1. The normalized spacial score (nSPS) is 22.8. The molecule has 2 fully saturated rings. The largest absolute Gasteiger partial charge is 0.492 e. The number of halogens is 1. The second kappa shape index (κ2) is 8.02. The van der Waals surface area contributed by atoms with Gasteiger partial charge in [0.1, 0.15) is 5.75 Å². The van der Waals surface area contributed by atoms with Crippen molar-refractivity contribution in [3.63, 3.8) is 0 Å². The molecule has 126 valence electrons. The van der Waals surface area contributed by atoms with Gasteiger partial charge in [0.2, 0.25) is 5.91 Å². The molecule has 2 saturated heterocycles. The molecule has 1 N–H and O–H groups in total. The summed E-state index contributed by atoms with van der Waals surface area (Å²) in [5.74, 6) is 1.68. The zero-order chi connectivity index (χ0) is 16.1. The summed E-state index contributed by atoms with van der Waals surface area (Å²) in [5.41, 5.74) is 0. The highest BCUT2D eigenvalue weighted by molar-refractivity contribution is 6.32. The summed E-state index contributed by atoms with van der Waals surface area (Å²) in [7, 11) is 0. The molecule has 0 bridgehead atoms. The summed E-state index contributed by atoms with van der Waals surface area (Å²) < 4.78 is 5.87. The minimum atomic E-state index is 0.208. The van der Waals surface area contributed by atoms with Crippen molar-refractivity contribution in [2.24, 2.45) is 11.8 Å². The minimum Gasteiger partial charge on any atom is -0.492 e. The van der Waals surface area contributed by atoms with Crippen LogP contribution >= 0.6 is 11.6 Å². The predicted octanol–water partition coefficient (Wildman–Crippen LogP) is 2.96. The molecule has 0 radical (unpaired) electrons. The van der Waals surface area contributed by atoms with Crippen molar-refractivity contribution in [1.82, 2.24) is 10.2 Å². The first-order valence-electron chi connectivity index (χ1n) is 8.61. The maximum Gasteiger partial charge on any atom is 0.225 e. The van der Waals surface area contributed by atoms with Gasteiger partial charge in [0.05, 0.1) is 11.6 Å². The summed E-state index contributed by atoms with van der Waals surface area (Å²) in [6.45, 7) is 4.25. The van der Waals surface area contributed by atoms with Gasteiger partial charge in [-0.15, -0.1) is 0 Å². The molecule has 2 aliphatic heterocycles. The summed E-state index contributed by atoms with van der Waals surface area (Å²) in [4.78, 5) is 14.7. The van der Waals surface area contributed by atoms with Crippen LogP contribution in [0.4, 0.5) is 0 Å². The van der Waals surface area contributed by atoms with Crippen LogP contribution in [-0.2, 0) is 4.79 Å². The van der Waals surface area contributed by atoms with Crippen molar-refractivity contribution >= 4 is 17.5 Å². The number of ether oxygens (including phenoxy) is 1. The fraction of sp³-hybridized carbons (Fsp3) is 0.611. The van der Waals surface area contributed by atoms with Crippen LogP contribution in [0.1, 0.15) is 25.7 Å². The van der Waals surface area contributed by atoms with Crippen molar-refractivity contribution < 1.29 is 9.53 Å². The Morgan fingerprint density at radius 2 is 2.04 bits per heavy atom. The third-order valence-corrected chi connectivity index (χ3v) is 5.14. The highest BCUT2D eigenvalue weighted by atomic mass is 35.5. The van der Waals surface area contributed by atoms with E-state index in [9.17, 15) is 4.79 Å². The van der Waals surface area contributed by atoms with Gasteiger partial charge in [-0.2, -0.15) is 0 Å². The van der Waals surface area contributed by atoms with Gasteiger partial charge in [0, 0.05) is 24.9 Å². The van der Waals surface area contributed by atoms with E-state index in [4.69, 9.17) is 16.3 Å². The van der Waals surface area contributed by atoms with Crippen molar-refractivity contribution in [3.8, 4) is 5.75 Å². The molecule has 2 heterocycles. The molecule has 1 aromatic rings. The summed E-state index contributed by atoms with van der Waals surface area (Å²) in [6, 6.07) is 7.55. The summed E-state index contributed by atoms with van der Waals surface area (Å²) in [6.07, 6.45) is 4.11. The van der Waals surface area contributed by atoms with Crippen LogP contribution in [0.2, 0.25) is 5.02 Å². The quantitative estimate of drug-likeness (QED) is 0.919. The first-order valence-corrected chi connectivity index (χ1v) is 8.98. The third-order valence-electron chi connectivity index (χ3n) is 4.83. The van der Waals surface area contributed by atoms with Gasteiger partial charge in [-0.25, -0.2) is 0 Å². The van der Waals surface area contributed by atoms with Crippen LogP contribution in [-0.4, -0.2) is 43.6 Å². The number of para-hydroxylation sites is 1. The van der Waals surface area contributed by atoms with Gasteiger partial charge < -0.3 is 15.0 Å². The Kier molecular flexibility index (Phi) is 5.79. The third kappa shape index (κ3) is 4.39. The lowest BCUT2D eigenvalue weighted by molar-refractivity contribution is -0.138. The van der Waals surface area contributed by atoms with E-state index >= 15 is 0 Å². The number of nitrogens with zero attached hydrogens (tertiary/aromatic N) is 1. The molecule has 1 amide bonds. The molecule has 0 saturated carbocycles. The fourth-order valence-corrected chi connectivity index (χ4v) is 3.69. The Bertz CT molecular complexity index is 532. The average Bonchev–Trinajstić information content (AvgIpc) is 2.61. The standard InChI is InChI=1S/C18H25ClN2O2/c19-16-5-1-2-6-17(16)23-13-14-4-3-11-21(12-14)18(22)15-7-9-20-10-8-15/h1-2,5-6,14-15,20H,3-4,7-13H2/t14-/m0/s1. The predicted molar refractivity (Wildman–Crippen MR) is 91.8 cm³/mol. The average molecular weight is 337 g/mol. The number of carbonyl (C=O) groups is 1. The highest BCUT2D eigenvalue weighted by Crippen LogP contribution is 2.26. The molecule has 23 heavy (non-hydrogen) atoms. The molecule has 0 unspecified atom stereocenters. The molecule has 4 nitrogen and oxygen atoms in total. The molecule has 1 atom stereocenters. The van der Waals surface area contributed by atoms with E-state index in [0.29, 0.717) is 23.5 Å². The Balaban J connectivity index is 1.51. The number of benzene rings is 1. The number of rotatable bonds is 4. The zero-order valence-electron chi connectivity index (χ0n) is 13.5. The molecule has 2 aliphatic rings. The van der Waals surface area contributed by atoms with Crippen molar-refractivity contribution in [2.75, 3.05) is 32.8 Å². The van der Waals surface area contributed by atoms with Crippen molar-refractivity contribution in [2.45, 2.75) is 25.7 Å². The topological polar surface area (TPSA) is 41.6 Å². The lowest BCUT2D eigenvalue weighted by Gasteiger charge is -2.36. The Morgan fingerprint density at radius 3 is 2.83 bits per heavy atom. The van der Waals surface area contributed by atoms with Crippen molar-refractivity contribution in [1.29, 1.82) is 0 Å². The van der Waals surface area contributed by atoms with Gasteiger partial charge in [0.15, 0.2) is 0 Å². The monoisotopic (exact) mass is 336 g/mol. The van der Waals surface area contributed by atoms with Gasteiger partial charge in [-0.1, -0.05) is 23.7 Å². The van der Waals surface area contributed by atoms with Crippen LogP contribution in [0.15, 0.2) is 24.3 Å². The van der Waals surface area contributed by atoms with Crippen LogP contribution in [0.3, 0.4) is 0 Å². The fourth-order valence-electron chi connectivity index (χ4n) is 3.50. The van der Waals surface area contributed by atoms with E-state index in [0.717, 1.165) is 57.6 Å². The summed E-state index contributed by atoms with van der Waals surface area (Å²) in [5, 5.41) is 3.97. The number of hydrogen-bond donors (Lipinski definition) is 1. The SMILES string of the molecule is O=C(C1CCNCC1)N1CCC[C@H](COc2ccccc2Cl)C1. The molecular weight excluding hydrogens is 312 g/mol. The lowest BCUT2D eigenvalue weighted by atomic mass is 9.93. The molecule has 0 aromatic heterocycles. The Labute approximate surface area is 143 Å². The van der Waals surface area contributed by atoms with E-state index in [1.54, 1.807) is 0 Å².